The Bertz CT molecular complexity index is 644. The van der Waals surface area contributed by atoms with Gasteiger partial charge in [0.15, 0.2) is 0 Å². The fourth-order valence-electron chi connectivity index (χ4n) is 6.16. The van der Waals surface area contributed by atoms with E-state index in [0.29, 0.717) is 66.1 Å². The molecule has 2 bridgehead atoms. The lowest BCUT2D eigenvalue weighted by Crippen LogP contribution is -2.49. The molecule has 0 aliphatic carbocycles. The van der Waals surface area contributed by atoms with Crippen LogP contribution in [-0.2, 0) is 32.2 Å². The van der Waals surface area contributed by atoms with E-state index in [1.165, 1.54) is 109 Å². The number of unbranched alkanes of at least 4 members (excludes halogenated alkanes) is 15. The number of ether oxygens (including phenoxy) is 4. The molecule has 2 aliphatic heterocycles. The van der Waals surface area contributed by atoms with Gasteiger partial charge in [0, 0.05) is 19.1 Å². The zero-order valence-corrected chi connectivity index (χ0v) is 30.3. The average Bonchev–Trinajstić information content (AvgIpc) is 3.00. The fraction of sp³-hybridized carbons (Fsp3) is 1.00. The molecule has 44 heavy (non-hydrogen) atoms. The maximum Gasteiger partial charge on any atom is 0.501 e. The Morgan fingerprint density at radius 3 is 1.55 bits per heavy atom. The van der Waals surface area contributed by atoms with Crippen molar-refractivity contribution in [2.45, 2.75) is 135 Å². The third-order valence-corrected chi connectivity index (χ3v) is 11.9. The van der Waals surface area contributed by atoms with Crippen LogP contribution in [-0.4, -0.2) is 113 Å². The summed E-state index contributed by atoms with van der Waals surface area (Å²) in [6.45, 7) is 9.88. The maximum absolute atomic E-state index is 6.41. The van der Waals surface area contributed by atoms with Gasteiger partial charge >= 0.3 is 8.80 Å². The van der Waals surface area contributed by atoms with Gasteiger partial charge in [-0.25, -0.2) is 0 Å². The normalized spacial score (nSPS) is 23.4. The highest BCUT2D eigenvalue weighted by Crippen LogP contribution is 2.21. The van der Waals surface area contributed by atoms with Gasteiger partial charge in [-0.15, -0.1) is 0 Å². The Morgan fingerprint density at radius 1 is 0.500 bits per heavy atom. The predicted molar refractivity (Wildman–Crippen MR) is 181 cm³/mol. The lowest BCUT2D eigenvalue weighted by atomic mass is 10.0. The zero-order chi connectivity index (χ0) is 31.4. The van der Waals surface area contributed by atoms with Crippen LogP contribution in [0, 0.1) is 0 Å². The Hall–Kier alpha value is -0.103. The van der Waals surface area contributed by atoms with Crippen LogP contribution in [0.4, 0.5) is 0 Å². The first-order valence-corrected chi connectivity index (χ1v) is 20.6. The highest BCUT2D eigenvalue weighted by atomic mass is 28.4. The van der Waals surface area contributed by atoms with Crippen molar-refractivity contribution >= 4 is 8.80 Å². The van der Waals surface area contributed by atoms with Crippen LogP contribution in [0.5, 0.6) is 0 Å². The molecule has 0 spiro atoms. The third kappa shape index (κ3) is 21.6. The summed E-state index contributed by atoms with van der Waals surface area (Å²) in [5.74, 6) is 0. The molecule has 0 aromatic carbocycles. The van der Waals surface area contributed by atoms with Gasteiger partial charge in [0.1, 0.15) is 0 Å². The molecule has 0 aromatic heterocycles. The summed E-state index contributed by atoms with van der Waals surface area (Å²) in [6, 6.07) is 0.806. The Balaban J connectivity index is 1.60. The van der Waals surface area contributed by atoms with Gasteiger partial charge < -0.3 is 36.7 Å². The van der Waals surface area contributed by atoms with Crippen LogP contribution in [0.3, 0.4) is 0 Å². The molecular formula is C35H72NO7Si+. The van der Waals surface area contributed by atoms with Crippen molar-refractivity contribution in [2.75, 3.05) is 93.3 Å². The Morgan fingerprint density at radius 2 is 0.955 bits per heavy atom. The standard InChI is InChI=1S/C35H72NO7Si/c1-4-5-6-7-8-9-10-11-12-13-14-15-16-17-18-19-22-36(2,3)23-20-33-44-41-30-27-37-24-21-35(40-29-32-43-44)34-39-26-25-38-28-31-42-44/h35H,4-34H2,1-3H3/q+1. The van der Waals surface area contributed by atoms with E-state index >= 15 is 0 Å². The second-order valence-corrected chi connectivity index (χ2v) is 16.3. The van der Waals surface area contributed by atoms with E-state index in [1.54, 1.807) is 0 Å². The van der Waals surface area contributed by atoms with E-state index in [-0.39, 0.29) is 6.10 Å². The molecule has 9 heteroatoms. The first kappa shape index (κ1) is 40.1. The number of nitrogens with zero attached hydrogens (tertiary/aromatic N) is 1. The second kappa shape index (κ2) is 26.9. The van der Waals surface area contributed by atoms with Crippen molar-refractivity contribution in [1.29, 1.82) is 0 Å². The highest BCUT2D eigenvalue weighted by Gasteiger charge is 2.41. The summed E-state index contributed by atoms with van der Waals surface area (Å²) in [5.41, 5.74) is 0. The zero-order valence-electron chi connectivity index (χ0n) is 29.3. The SMILES string of the molecule is CCCCCCCCCCCCCCCCCC[N+](C)(C)CCC[Si]12OCCOCCOCC(CCOCCO1)OCCO2. The number of hydrogen-bond donors (Lipinski definition) is 0. The summed E-state index contributed by atoms with van der Waals surface area (Å²) in [4.78, 5) is 0. The first-order chi connectivity index (χ1) is 21.6. The van der Waals surface area contributed by atoms with E-state index in [0.717, 1.165) is 29.9 Å². The molecule has 2 aliphatic rings. The maximum atomic E-state index is 6.41. The van der Waals surface area contributed by atoms with Gasteiger partial charge in [0.2, 0.25) is 0 Å². The van der Waals surface area contributed by atoms with E-state index < -0.39 is 8.80 Å². The van der Waals surface area contributed by atoms with E-state index in [9.17, 15) is 0 Å². The molecule has 2 unspecified atom stereocenters. The van der Waals surface area contributed by atoms with Crippen molar-refractivity contribution in [3.05, 3.63) is 0 Å². The summed E-state index contributed by atoms with van der Waals surface area (Å²) >= 11 is 0. The van der Waals surface area contributed by atoms with Gasteiger partial charge in [0.25, 0.3) is 0 Å². The molecule has 2 atom stereocenters. The third-order valence-electron chi connectivity index (χ3n) is 8.98. The molecule has 262 valence electrons. The summed E-state index contributed by atoms with van der Waals surface area (Å²) in [7, 11) is 1.84. The summed E-state index contributed by atoms with van der Waals surface area (Å²) in [5, 5.41) is 0. The predicted octanol–water partition coefficient (Wildman–Crippen LogP) is 7.56. The minimum absolute atomic E-state index is 0.00140. The lowest BCUT2D eigenvalue weighted by molar-refractivity contribution is -0.890. The second-order valence-electron chi connectivity index (χ2n) is 13.6. The van der Waals surface area contributed by atoms with Crippen molar-refractivity contribution in [3.8, 4) is 0 Å². The van der Waals surface area contributed by atoms with Crippen LogP contribution in [0.2, 0.25) is 6.04 Å². The summed E-state index contributed by atoms with van der Waals surface area (Å²) in [6.07, 6.45) is 24.4. The number of hydrogen-bond acceptors (Lipinski definition) is 7. The fourth-order valence-corrected chi connectivity index (χ4v) is 8.61. The molecule has 2 heterocycles. The van der Waals surface area contributed by atoms with Crippen LogP contribution >= 0.6 is 0 Å². The monoisotopic (exact) mass is 647 g/mol. The van der Waals surface area contributed by atoms with Crippen molar-refractivity contribution < 1.29 is 36.7 Å². The quantitative estimate of drug-likeness (QED) is 0.0725. The number of quaternary nitrogens is 1. The number of fused-ring (bicyclic) bond motifs is 5. The van der Waals surface area contributed by atoms with Gasteiger partial charge in [-0.2, -0.15) is 0 Å². The van der Waals surface area contributed by atoms with Gasteiger partial charge in [-0.1, -0.05) is 96.8 Å². The van der Waals surface area contributed by atoms with E-state index in [1.807, 2.05) is 0 Å². The molecule has 0 amide bonds. The van der Waals surface area contributed by atoms with Crippen LogP contribution in [0.25, 0.3) is 0 Å². The van der Waals surface area contributed by atoms with Crippen LogP contribution in [0.1, 0.15) is 122 Å². The lowest BCUT2D eigenvalue weighted by Gasteiger charge is -2.33. The molecule has 8 nitrogen and oxygen atoms in total. The molecular weight excluding hydrogens is 574 g/mol. The van der Waals surface area contributed by atoms with E-state index in [4.69, 9.17) is 32.2 Å². The van der Waals surface area contributed by atoms with E-state index in [2.05, 4.69) is 21.0 Å². The Kier molecular flexibility index (Phi) is 24.5. The Labute approximate surface area is 273 Å². The topological polar surface area (TPSA) is 64.6 Å². The van der Waals surface area contributed by atoms with Crippen molar-refractivity contribution in [1.82, 2.24) is 0 Å². The largest absolute Gasteiger partial charge is 0.501 e. The number of rotatable bonds is 21. The molecule has 2 rings (SSSR count). The van der Waals surface area contributed by atoms with Crippen molar-refractivity contribution in [2.24, 2.45) is 0 Å². The molecule has 2 fully saturated rings. The molecule has 0 saturated carbocycles. The molecule has 2 saturated heterocycles. The van der Waals surface area contributed by atoms with Gasteiger partial charge in [0.05, 0.1) is 92.8 Å². The van der Waals surface area contributed by atoms with Gasteiger partial charge in [-0.3, -0.25) is 0 Å². The van der Waals surface area contributed by atoms with Crippen LogP contribution < -0.4 is 0 Å². The molecule has 0 radical (unpaired) electrons. The highest BCUT2D eigenvalue weighted by molar-refractivity contribution is 6.60. The summed E-state index contributed by atoms with van der Waals surface area (Å²) < 4.78 is 43.6. The van der Waals surface area contributed by atoms with Gasteiger partial charge in [-0.05, 0) is 19.3 Å². The molecule has 0 aromatic rings. The van der Waals surface area contributed by atoms with Crippen molar-refractivity contribution in [3.63, 3.8) is 0 Å². The first-order valence-electron chi connectivity index (χ1n) is 18.6. The average molecular weight is 647 g/mol. The smallest absolute Gasteiger partial charge is 0.379 e. The van der Waals surface area contributed by atoms with Crippen LogP contribution in [0.15, 0.2) is 0 Å². The molecule has 0 N–H and O–H groups in total. The minimum Gasteiger partial charge on any atom is -0.379 e. The minimum atomic E-state index is -2.88.